The molecule has 0 atom stereocenters. The molecule has 0 spiro atoms. The Morgan fingerprint density at radius 1 is 1.19 bits per heavy atom. The number of morpholine rings is 1. The Morgan fingerprint density at radius 3 is 2.68 bits per heavy atom. The van der Waals surface area contributed by atoms with E-state index < -0.39 is 0 Å². The molecule has 0 unspecified atom stereocenters. The van der Waals surface area contributed by atoms with Gasteiger partial charge in [0, 0.05) is 13.1 Å². The zero-order valence-electron chi connectivity index (χ0n) is 17.2. The van der Waals surface area contributed by atoms with E-state index in [4.69, 9.17) is 9.47 Å². The van der Waals surface area contributed by atoms with Gasteiger partial charge in [0.2, 0.25) is 5.95 Å². The summed E-state index contributed by atoms with van der Waals surface area (Å²) in [7, 11) is 0. The van der Waals surface area contributed by atoms with E-state index in [1.165, 1.54) is 0 Å². The normalized spacial score (nSPS) is 14.3. The first-order valence-corrected chi connectivity index (χ1v) is 10.1. The predicted molar refractivity (Wildman–Crippen MR) is 117 cm³/mol. The minimum Gasteiger partial charge on any atom is -0.504 e. The molecule has 0 bridgehead atoms. The minimum absolute atomic E-state index is 0.0552. The van der Waals surface area contributed by atoms with Gasteiger partial charge in [0.1, 0.15) is 6.07 Å². The number of phenolic OH excluding ortho intramolecular Hbond substituents is 1. The molecule has 1 fully saturated rings. The summed E-state index contributed by atoms with van der Waals surface area (Å²) in [5.74, 6) is 1.54. The molecule has 0 radical (unpaired) electrons. The summed E-state index contributed by atoms with van der Waals surface area (Å²) in [6.45, 7) is 4.91. The summed E-state index contributed by atoms with van der Waals surface area (Å²) < 4.78 is 12.8. The van der Waals surface area contributed by atoms with Crippen molar-refractivity contribution >= 4 is 17.6 Å². The van der Waals surface area contributed by atoms with Crippen molar-refractivity contribution in [3.05, 3.63) is 59.9 Å². The van der Waals surface area contributed by atoms with Crippen LogP contribution < -0.4 is 9.64 Å². The first-order valence-electron chi connectivity index (χ1n) is 10.1. The third-order valence-corrected chi connectivity index (χ3v) is 4.91. The summed E-state index contributed by atoms with van der Waals surface area (Å²) in [4.78, 5) is 2.11. The van der Waals surface area contributed by atoms with E-state index in [1.54, 1.807) is 24.3 Å². The number of aromatic nitrogens is 3. The Labute approximate surface area is 180 Å². The lowest BCUT2D eigenvalue weighted by Crippen LogP contribution is -2.38. The van der Waals surface area contributed by atoms with Crippen LogP contribution in [0.5, 0.6) is 11.5 Å². The quantitative estimate of drug-likeness (QED) is 0.615. The second-order valence-electron chi connectivity index (χ2n) is 6.92. The van der Waals surface area contributed by atoms with E-state index in [9.17, 15) is 10.4 Å². The van der Waals surface area contributed by atoms with Crippen molar-refractivity contribution in [1.82, 2.24) is 14.8 Å². The van der Waals surface area contributed by atoms with E-state index in [1.807, 2.05) is 41.8 Å². The molecule has 2 aromatic carbocycles. The van der Waals surface area contributed by atoms with Crippen LogP contribution in [0.2, 0.25) is 0 Å². The van der Waals surface area contributed by atoms with Gasteiger partial charge in [0.15, 0.2) is 17.3 Å². The van der Waals surface area contributed by atoms with Crippen LogP contribution in [0.3, 0.4) is 0 Å². The highest BCUT2D eigenvalue weighted by Gasteiger charge is 2.23. The molecule has 1 aromatic heterocycles. The average Bonchev–Trinajstić information content (AvgIpc) is 3.26. The molecule has 0 aliphatic carbocycles. The highest BCUT2D eigenvalue weighted by molar-refractivity contribution is 5.88. The third kappa shape index (κ3) is 4.37. The van der Waals surface area contributed by atoms with E-state index >= 15 is 0 Å². The summed E-state index contributed by atoms with van der Waals surface area (Å²) in [5, 5.41) is 28.7. The minimum atomic E-state index is 0.0552. The Kier molecular flexibility index (Phi) is 6.15. The van der Waals surface area contributed by atoms with Crippen molar-refractivity contribution in [2.45, 2.75) is 6.92 Å². The number of hydrogen-bond donors (Lipinski definition) is 1. The lowest BCUT2D eigenvalue weighted by molar-refractivity contribution is 0.122. The second-order valence-corrected chi connectivity index (χ2v) is 6.92. The highest BCUT2D eigenvalue weighted by Crippen LogP contribution is 2.30. The fourth-order valence-electron chi connectivity index (χ4n) is 3.44. The van der Waals surface area contributed by atoms with Crippen LogP contribution in [0, 0.1) is 11.3 Å². The van der Waals surface area contributed by atoms with Gasteiger partial charge >= 0.3 is 0 Å². The highest BCUT2D eigenvalue weighted by atomic mass is 16.5. The first kappa shape index (κ1) is 20.4. The van der Waals surface area contributed by atoms with Crippen LogP contribution in [0.1, 0.15) is 18.3 Å². The fourth-order valence-corrected chi connectivity index (χ4v) is 3.44. The first-order chi connectivity index (χ1) is 15.2. The molecule has 158 valence electrons. The number of aromatic hydroxyl groups is 1. The van der Waals surface area contributed by atoms with Gasteiger partial charge in [-0.2, -0.15) is 5.26 Å². The molecule has 3 aromatic rings. The molecule has 31 heavy (non-hydrogen) atoms. The van der Waals surface area contributed by atoms with Crippen molar-refractivity contribution in [3.63, 3.8) is 0 Å². The number of nitriles is 1. The molecule has 2 heterocycles. The van der Waals surface area contributed by atoms with Gasteiger partial charge in [0.05, 0.1) is 31.1 Å². The summed E-state index contributed by atoms with van der Waals surface area (Å²) in [6, 6.07) is 16.9. The summed E-state index contributed by atoms with van der Waals surface area (Å²) in [6.07, 6.45) is 1.72. The van der Waals surface area contributed by atoms with Crippen LogP contribution in [0.15, 0.2) is 48.5 Å². The number of ether oxygens (including phenoxy) is 2. The van der Waals surface area contributed by atoms with Crippen molar-refractivity contribution in [3.8, 4) is 23.3 Å². The molecule has 4 rings (SSSR count). The number of nitrogens with zero attached hydrogens (tertiary/aromatic N) is 5. The summed E-state index contributed by atoms with van der Waals surface area (Å²) >= 11 is 0. The topological polar surface area (TPSA) is 96.4 Å². The Morgan fingerprint density at radius 2 is 1.97 bits per heavy atom. The zero-order valence-corrected chi connectivity index (χ0v) is 17.2. The third-order valence-electron chi connectivity index (χ3n) is 4.91. The molecule has 1 aliphatic rings. The maximum Gasteiger partial charge on any atom is 0.232 e. The SMILES string of the molecule is CCOc1cc(C=C(C#N)c2nnc(N3CCOCC3)n2-c2ccccc2)ccc1O. The number of para-hydroxylation sites is 1. The van der Waals surface area contributed by atoms with Crippen LogP contribution in [0.25, 0.3) is 17.3 Å². The van der Waals surface area contributed by atoms with E-state index in [0.717, 1.165) is 5.69 Å². The van der Waals surface area contributed by atoms with Crippen molar-refractivity contribution in [2.24, 2.45) is 0 Å². The second kappa shape index (κ2) is 9.32. The molecule has 1 aliphatic heterocycles. The number of hydrogen-bond acceptors (Lipinski definition) is 7. The molecule has 1 N–H and O–H groups in total. The number of anilines is 1. The Bertz CT molecular complexity index is 1110. The molecule has 8 heteroatoms. The molecule has 8 nitrogen and oxygen atoms in total. The van der Waals surface area contributed by atoms with E-state index in [0.29, 0.717) is 61.6 Å². The van der Waals surface area contributed by atoms with Gasteiger partial charge in [-0.1, -0.05) is 24.3 Å². The Hall–Kier alpha value is -3.83. The van der Waals surface area contributed by atoms with Crippen LogP contribution >= 0.6 is 0 Å². The van der Waals surface area contributed by atoms with Gasteiger partial charge in [-0.3, -0.25) is 4.57 Å². The maximum atomic E-state index is 9.96. The molecule has 0 amide bonds. The van der Waals surface area contributed by atoms with Crippen molar-refractivity contribution < 1.29 is 14.6 Å². The van der Waals surface area contributed by atoms with Gasteiger partial charge in [-0.25, -0.2) is 0 Å². The lowest BCUT2D eigenvalue weighted by atomic mass is 10.1. The lowest BCUT2D eigenvalue weighted by Gasteiger charge is -2.28. The van der Waals surface area contributed by atoms with Crippen molar-refractivity contribution in [1.29, 1.82) is 5.26 Å². The number of rotatable bonds is 6. The standard InChI is InChI=1S/C23H23N5O3/c1-2-31-21-15-17(8-9-20(21)29)14-18(16-24)22-25-26-23(27-10-12-30-13-11-27)28(22)19-6-4-3-5-7-19/h3-9,14-15,29H,2,10-13H2,1H3. The average molecular weight is 417 g/mol. The van der Waals surface area contributed by atoms with Gasteiger partial charge in [-0.15, -0.1) is 10.2 Å². The number of benzene rings is 2. The maximum absolute atomic E-state index is 9.96. The number of phenols is 1. The van der Waals surface area contributed by atoms with E-state index in [2.05, 4.69) is 21.2 Å². The molecular formula is C23H23N5O3. The van der Waals surface area contributed by atoms with Gasteiger partial charge < -0.3 is 19.5 Å². The Balaban J connectivity index is 1.81. The van der Waals surface area contributed by atoms with Crippen molar-refractivity contribution in [2.75, 3.05) is 37.8 Å². The smallest absolute Gasteiger partial charge is 0.232 e. The molecular weight excluding hydrogens is 394 g/mol. The van der Waals surface area contributed by atoms with Gasteiger partial charge in [0.25, 0.3) is 0 Å². The monoisotopic (exact) mass is 417 g/mol. The predicted octanol–water partition coefficient (Wildman–Crippen LogP) is 3.27. The van der Waals surface area contributed by atoms with Crippen LogP contribution in [0.4, 0.5) is 5.95 Å². The van der Waals surface area contributed by atoms with E-state index in [-0.39, 0.29) is 5.75 Å². The van der Waals surface area contributed by atoms with Crippen LogP contribution in [-0.2, 0) is 4.74 Å². The largest absolute Gasteiger partial charge is 0.504 e. The number of allylic oxidation sites excluding steroid dienone is 1. The molecule has 1 saturated heterocycles. The molecule has 0 saturated carbocycles. The zero-order chi connectivity index (χ0) is 21.6. The summed E-state index contributed by atoms with van der Waals surface area (Å²) in [5.41, 5.74) is 1.93. The van der Waals surface area contributed by atoms with Crippen LogP contribution in [-0.4, -0.2) is 52.8 Å². The fraction of sp³-hybridized carbons (Fsp3) is 0.261. The van der Waals surface area contributed by atoms with Gasteiger partial charge in [-0.05, 0) is 42.8 Å².